The van der Waals surface area contributed by atoms with Crippen molar-refractivity contribution in [2.75, 3.05) is 45.2 Å². The van der Waals surface area contributed by atoms with Gasteiger partial charge in [-0.15, -0.1) is 0 Å². The number of benzene rings is 1. The molecule has 164 valence electrons. The Labute approximate surface area is 187 Å². The van der Waals surface area contributed by atoms with Crippen LogP contribution in [0.4, 0.5) is 5.69 Å². The topological polar surface area (TPSA) is 85.9 Å². The molecule has 0 atom stereocenters. The predicted molar refractivity (Wildman–Crippen MR) is 128 cm³/mol. The predicted octanol–water partition coefficient (Wildman–Crippen LogP) is 2.86. The highest BCUT2D eigenvalue weighted by atomic mass is 15.2. The largest absolute Gasteiger partial charge is 0.369 e. The van der Waals surface area contributed by atoms with Gasteiger partial charge >= 0.3 is 0 Å². The summed E-state index contributed by atoms with van der Waals surface area (Å²) in [7, 11) is 4.09. The van der Waals surface area contributed by atoms with E-state index in [1.807, 2.05) is 13.2 Å². The number of aryl methyl sites for hydroxylation is 1. The second kappa shape index (κ2) is 8.64. The highest BCUT2D eigenvalue weighted by Crippen LogP contribution is 2.29. The lowest BCUT2D eigenvalue weighted by Crippen LogP contribution is -2.44. The average Bonchev–Trinajstić information content (AvgIpc) is 3.23. The highest BCUT2D eigenvalue weighted by molar-refractivity contribution is 5.90. The molecule has 0 spiro atoms. The van der Waals surface area contributed by atoms with Crippen LogP contribution in [0.5, 0.6) is 0 Å². The molecule has 2 N–H and O–H groups in total. The minimum atomic E-state index is 0.662. The summed E-state index contributed by atoms with van der Waals surface area (Å²) in [6.45, 7) is 7.09. The van der Waals surface area contributed by atoms with E-state index in [2.05, 4.69) is 79.6 Å². The van der Waals surface area contributed by atoms with E-state index >= 15 is 0 Å². The number of pyridine rings is 1. The third-order valence-corrected chi connectivity index (χ3v) is 6.08. The van der Waals surface area contributed by atoms with E-state index in [9.17, 15) is 0 Å². The van der Waals surface area contributed by atoms with Gasteiger partial charge in [0.05, 0.1) is 11.9 Å². The van der Waals surface area contributed by atoms with Gasteiger partial charge in [0, 0.05) is 55.7 Å². The summed E-state index contributed by atoms with van der Waals surface area (Å²) in [6, 6.07) is 10.7. The Hall–Kier alpha value is -3.36. The zero-order valence-corrected chi connectivity index (χ0v) is 18.8. The van der Waals surface area contributed by atoms with Crippen LogP contribution in [-0.4, -0.2) is 70.3 Å². The number of nitrogens with one attached hydrogen (secondary N) is 2. The van der Waals surface area contributed by atoms with Gasteiger partial charge in [-0.05, 0) is 44.8 Å². The molecule has 0 aliphatic carbocycles. The van der Waals surface area contributed by atoms with E-state index in [1.165, 1.54) is 5.69 Å². The van der Waals surface area contributed by atoms with E-state index in [1.54, 1.807) is 6.20 Å². The SMILES string of the molecule is CNCc1cc(C)c(-c2ncc3[nH]nc(-c4ccc(N5CCN(C)CC5)cc4)c3n2)cn1. The fourth-order valence-corrected chi connectivity index (χ4v) is 4.17. The Bertz CT molecular complexity index is 1220. The van der Waals surface area contributed by atoms with Crippen molar-refractivity contribution in [3.05, 3.63) is 54.0 Å². The maximum atomic E-state index is 4.86. The van der Waals surface area contributed by atoms with Crippen LogP contribution < -0.4 is 10.2 Å². The number of aromatic amines is 1. The van der Waals surface area contributed by atoms with Crippen LogP contribution in [0.15, 0.2) is 42.7 Å². The second-order valence-corrected chi connectivity index (χ2v) is 8.39. The number of nitrogens with zero attached hydrogens (tertiary/aromatic N) is 6. The van der Waals surface area contributed by atoms with Gasteiger partial charge in [-0.3, -0.25) is 10.1 Å². The summed E-state index contributed by atoms with van der Waals surface area (Å²) < 4.78 is 0. The maximum absolute atomic E-state index is 4.86. The number of anilines is 1. The summed E-state index contributed by atoms with van der Waals surface area (Å²) >= 11 is 0. The van der Waals surface area contributed by atoms with E-state index < -0.39 is 0 Å². The first kappa shape index (κ1) is 20.5. The van der Waals surface area contributed by atoms with Crippen LogP contribution in [-0.2, 0) is 6.54 Å². The van der Waals surface area contributed by atoms with Crippen molar-refractivity contribution in [1.82, 2.24) is 35.4 Å². The molecule has 0 saturated carbocycles. The number of rotatable bonds is 5. The fraction of sp³-hybridized carbons (Fsp3) is 0.333. The first-order valence-electron chi connectivity index (χ1n) is 11.0. The third-order valence-electron chi connectivity index (χ3n) is 6.08. The Kier molecular flexibility index (Phi) is 5.55. The first-order chi connectivity index (χ1) is 15.6. The van der Waals surface area contributed by atoms with Gasteiger partial charge in [0.25, 0.3) is 0 Å². The van der Waals surface area contributed by atoms with Crippen molar-refractivity contribution in [2.45, 2.75) is 13.5 Å². The number of piperazine rings is 1. The van der Waals surface area contributed by atoms with Crippen LogP contribution in [0, 0.1) is 6.92 Å². The number of aromatic nitrogens is 5. The lowest BCUT2D eigenvalue weighted by molar-refractivity contribution is 0.313. The molecule has 8 nitrogen and oxygen atoms in total. The number of hydrogen-bond acceptors (Lipinski definition) is 7. The van der Waals surface area contributed by atoms with E-state index in [0.717, 1.165) is 71.8 Å². The zero-order chi connectivity index (χ0) is 22.1. The van der Waals surface area contributed by atoms with Gasteiger partial charge in [-0.1, -0.05) is 12.1 Å². The van der Waals surface area contributed by atoms with Crippen LogP contribution >= 0.6 is 0 Å². The quantitative estimate of drug-likeness (QED) is 0.505. The van der Waals surface area contributed by atoms with Gasteiger partial charge in [0.1, 0.15) is 16.7 Å². The van der Waals surface area contributed by atoms with Crippen molar-refractivity contribution >= 4 is 16.7 Å². The summed E-state index contributed by atoms with van der Waals surface area (Å²) in [5.41, 5.74) is 7.81. The van der Waals surface area contributed by atoms with E-state index in [-0.39, 0.29) is 0 Å². The Morgan fingerprint density at radius 1 is 1.03 bits per heavy atom. The van der Waals surface area contributed by atoms with Gasteiger partial charge in [-0.2, -0.15) is 5.10 Å². The third kappa shape index (κ3) is 3.94. The second-order valence-electron chi connectivity index (χ2n) is 8.39. The molecule has 0 radical (unpaired) electrons. The average molecular weight is 429 g/mol. The summed E-state index contributed by atoms with van der Waals surface area (Å²) in [4.78, 5) is 18.8. The molecule has 1 fully saturated rings. The van der Waals surface area contributed by atoms with Gasteiger partial charge in [0.2, 0.25) is 0 Å². The summed E-state index contributed by atoms with van der Waals surface area (Å²) in [6.07, 6.45) is 3.65. The zero-order valence-electron chi connectivity index (χ0n) is 18.8. The molecule has 0 unspecified atom stereocenters. The molecule has 1 aromatic carbocycles. The molecule has 3 aromatic heterocycles. The molecule has 32 heavy (non-hydrogen) atoms. The number of likely N-dealkylation sites (N-methyl/N-ethyl adjacent to an activating group) is 1. The number of hydrogen-bond donors (Lipinski definition) is 2. The fourth-order valence-electron chi connectivity index (χ4n) is 4.17. The Morgan fingerprint density at radius 2 is 1.81 bits per heavy atom. The molecule has 5 rings (SSSR count). The molecule has 8 heteroatoms. The van der Waals surface area contributed by atoms with E-state index in [0.29, 0.717) is 5.82 Å². The van der Waals surface area contributed by atoms with Crippen molar-refractivity contribution in [2.24, 2.45) is 0 Å². The van der Waals surface area contributed by atoms with Gasteiger partial charge in [0.15, 0.2) is 5.82 Å². The Morgan fingerprint density at radius 3 is 2.53 bits per heavy atom. The van der Waals surface area contributed by atoms with Gasteiger partial charge < -0.3 is 15.1 Å². The molecular weight excluding hydrogens is 400 g/mol. The smallest absolute Gasteiger partial charge is 0.161 e. The highest BCUT2D eigenvalue weighted by Gasteiger charge is 2.16. The first-order valence-corrected chi connectivity index (χ1v) is 11.0. The molecule has 0 amide bonds. The van der Waals surface area contributed by atoms with Crippen LogP contribution in [0.3, 0.4) is 0 Å². The monoisotopic (exact) mass is 428 g/mol. The molecule has 4 aromatic rings. The molecule has 1 aliphatic rings. The maximum Gasteiger partial charge on any atom is 0.161 e. The van der Waals surface area contributed by atoms with Crippen molar-refractivity contribution < 1.29 is 0 Å². The minimum Gasteiger partial charge on any atom is -0.369 e. The standard InChI is InChI=1S/C24H28N8/c1-16-12-18(13-25-2)26-14-20(16)24-27-15-21-23(28-24)22(30-29-21)17-4-6-19(7-5-17)32-10-8-31(3)9-11-32/h4-7,12,14-15,25H,8-11,13H2,1-3H3,(H,29,30). The van der Waals surface area contributed by atoms with Crippen molar-refractivity contribution in [3.63, 3.8) is 0 Å². The van der Waals surface area contributed by atoms with Crippen LogP contribution in [0.25, 0.3) is 33.7 Å². The lowest BCUT2D eigenvalue weighted by atomic mass is 10.1. The van der Waals surface area contributed by atoms with Crippen LogP contribution in [0.1, 0.15) is 11.3 Å². The van der Waals surface area contributed by atoms with E-state index in [4.69, 9.17) is 4.98 Å². The molecule has 1 aliphatic heterocycles. The molecule has 4 heterocycles. The Balaban J connectivity index is 1.45. The molecule has 1 saturated heterocycles. The minimum absolute atomic E-state index is 0.662. The molecule has 0 bridgehead atoms. The summed E-state index contributed by atoms with van der Waals surface area (Å²) in [5.74, 6) is 0.662. The van der Waals surface area contributed by atoms with Crippen LogP contribution in [0.2, 0.25) is 0 Å². The number of fused-ring (bicyclic) bond motifs is 1. The molecular formula is C24H28N8. The number of H-pyrrole nitrogens is 1. The summed E-state index contributed by atoms with van der Waals surface area (Å²) in [5, 5.41) is 10.7. The normalized spacial score (nSPS) is 14.9. The van der Waals surface area contributed by atoms with Gasteiger partial charge in [-0.25, -0.2) is 9.97 Å². The lowest BCUT2D eigenvalue weighted by Gasteiger charge is -2.34. The van der Waals surface area contributed by atoms with Crippen molar-refractivity contribution in [3.8, 4) is 22.6 Å². The van der Waals surface area contributed by atoms with Crippen molar-refractivity contribution in [1.29, 1.82) is 0 Å².